The predicted molar refractivity (Wildman–Crippen MR) is 193 cm³/mol. The van der Waals surface area contributed by atoms with Crippen molar-refractivity contribution in [3.63, 3.8) is 0 Å². The van der Waals surface area contributed by atoms with Gasteiger partial charge in [0.05, 0.1) is 43.4 Å². The summed E-state index contributed by atoms with van der Waals surface area (Å²) in [6, 6.07) is 9.55. The summed E-state index contributed by atoms with van der Waals surface area (Å²) in [5, 5.41) is 0. The summed E-state index contributed by atoms with van der Waals surface area (Å²) in [5.74, 6) is -0.341. The average Bonchev–Trinajstić information content (AvgIpc) is 3.07. The number of rotatable bonds is 22. The topological polar surface area (TPSA) is 27.7 Å². The van der Waals surface area contributed by atoms with Gasteiger partial charge in [-0.2, -0.15) is 39.5 Å². The number of hydrogen-bond acceptors (Lipinski definition) is 3. The molecule has 0 aromatic heterocycles. The molecule has 3 aromatic carbocycles. The van der Waals surface area contributed by atoms with Crippen LogP contribution < -0.4 is 14.0 Å². The van der Waals surface area contributed by atoms with Gasteiger partial charge in [-0.25, -0.2) is 0 Å². The van der Waals surface area contributed by atoms with Gasteiger partial charge in [-0.3, -0.25) is 0 Å². The molecule has 0 aliphatic carbocycles. The Balaban J connectivity index is 1.81. The highest BCUT2D eigenvalue weighted by atomic mass is 19.4. The van der Waals surface area contributed by atoms with E-state index in [4.69, 9.17) is 14.0 Å². The molecule has 0 aliphatic heterocycles. The van der Waals surface area contributed by atoms with Crippen molar-refractivity contribution >= 4 is 7.32 Å². The molecule has 54 heavy (non-hydrogen) atoms. The van der Waals surface area contributed by atoms with E-state index >= 15 is 0 Å². The molecule has 3 aromatic rings. The van der Waals surface area contributed by atoms with Gasteiger partial charge in [0.1, 0.15) is 23.3 Å². The molecule has 4 nitrogen and oxygen atoms in total. The second-order valence-corrected chi connectivity index (χ2v) is 14.6. The smallest absolute Gasteiger partial charge is 0.490 e. The fourth-order valence-corrected chi connectivity index (χ4v) is 6.25. The minimum atomic E-state index is -4.68. The minimum Gasteiger partial charge on any atom is -0.490 e. The number of alkyl halides is 9. The van der Waals surface area contributed by atoms with Crippen LogP contribution in [-0.2, 0) is 18.5 Å². The van der Waals surface area contributed by atoms with E-state index in [1.807, 2.05) is 21.1 Å². The van der Waals surface area contributed by atoms with Crippen molar-refractivity contribution in [2.45, 2.75) is 121 Å². The van der Waals surface area contributed by atoms with Crippen molar-refractivity contribution < 1.29 is 58.0 Å². The van der Waals surface area contributed by atoms with E-state index in [1.165, 1.54) is 51.4 Å². The van der Waals surface area contributed by atoms with Gasteiger partial charge >= 0.3 is 25.9 Å². The summed E-state index contributed by atoms with van der Waals surface area (Å²) in [6.45, 7) is 2.20. The Morgan fingerprint density at radius 1 is 0.500 bits per heavy atom. The van der Waals surface area contributed by atoms with Gasteiger partial charge in [-0.1, -0.05) is 84.0 Å². The fraction of sp³-hybridized carbons (Fsp3) is 0.550. The van der Waals surface area contributed by atoms with Gasteiger partial charge in [0.25, 0.3) is 0 Å². The Morgan fingerprint density at radius 3 is 1.24 bits per heavy atom. The first-order valence-corrected chi connectivity index (χ1v) is 18.7. The maximum atomic E-state index is 14.0. The molecule has 0 bridgehead atoms. The normalized spacial score (nSPS) is 13.1. The Kier molecular flexibility index (Phi) is 16.9. The molecule has 0 spiro atoms. The lowest BCUT2D eigenvalue weighted by molar-refractivity contribution is -0.902. The molecule has 0 saturated heterocycles. The second-order valence-electron chi connectivity index (χ2n) is 14.6. The zero-order valence-electron chi connectivity index (χ0n) is 31.5. The van der Waals surface area contributed by atoms with Crippen LogP contribution in [0.25, 0.3) is 0 Å². The van der Waals surface area contributed by atoms with Crippen LogP contribution in [0, 0.1) is 0 Å². The molecule has 300 valence electrons. The third kappa shape index (κ3) is 15.3. The molecular formula is C40H52BF9NO3+. The van der Waals surface area contributed by atoms with E-state index in [0.29, 0.717) is 6.42 Å². The lowest BCUT2D eigenvalue weighted by atomic mass is 9.94. The second kappa shape index (κ2) is 20.4. The zero-order valence-corrected chi connectivity index (χ0v) is 31.5. The van der Waals surface area contributed by atoms with Crippen molar-refractivity contribution in [1.82, 2.24) is 0 Å². The molecule has 0 amide bonds. The standard InChI is InChI=1S/C40H52BF9NO3/c1-5-6-7-8-9-10-11-12-13-14-15-16-17-18-36(51(2,3)4)35-29-32(40(48,49)50)23-28-37(35)54-41(52-33-24-19-30(20-25-33)38(42,43)44)53-34-26-21-31(22-27-34)39(45,46)47/h19-29,36H,5-18H2,1-4H3/q+1. The van der Waals surface area contributed by atoms with Crippen LogP contribution in [0.2, 0.25) is 0 Å². The first-order valence-electron chi connectivity index (χ1n) is 18.7. The van der Waals surface area contributed by atoms with Crippen molar-refractivity contribution in [3.05, 3.63) is 89.0 Å². The monoisotopic (exact) mass is 776 g/mol. The zero-order chi connectivity index (χ0) is 40.0. The molecule has 0 aliphatic rings. The van der Waals surface area contributed by atoms with Crippen LogP contribution in [0.3, 0.4) is 0 Å². The lowest BCUT2D eigenvalue weighted by Crippen LogP contribution is -2.41. The van der Waals surface area contributed by atoms with Crippen LogP contribution in [0.1, 0.15) is 125 Å². The predicted octanol–water partition coefficient (Wildman–Crippen LogP) is 13.5. The highest BCUT2D eigenvalue weighted by Gasteiger charge is 2.39. The highest BCUT2D eigenvalue weighted by Crippen LogP contribution is 2.40. The highest BCUT2D eigenvalue weighted by molar-refractivity contribution is 6.39. The Hall–Kier alpha value is -3.55. The number of nitrogens with zero attached hydrogens (tertiary/aromatic N) is 1. The number of benzene rings is 3. The Labute approximate surface area is 313 Å². The molecule has 1 atom stereocenters. The Bertz CT molecular complexity index is 1460. The molecule has 14 heteroatoms. The third-order valence-electron chi connectivity index (χ3n) is 9.26. The van der Waals surface area contributed by atoms with E-state index in [1.54, 1.807) is 0 Å². The van der Waals surface area contributed by atoms with Crippen LogP contribution in [0.15, 0.2) is 66.7 Å². The van der Waals surface area contributed by atoms with Gasteiger partial charge in [0.15, 0.2) is 0 Å². The molecular weight excluding hydrogens is 724 g/mol. The first-order chi connectivity index (χ1) is 25.3. The van der Waals surface area contributed by atoms with Gasteiger partial charge < -0.3 is 18.4 Å². The third-order valence-corrected chi connectivity index (χ3v) is 9.26. The van der Waals surface area contributed by atoms with Crippen LogP contribution in [0.4, 0.5) is 39.5 Å². The van der Waals surface area contributed by atoms with Crippen molar-refractivity contribution in [2.75, 3.05) is 21.1 Å². The van der Waals surface area contributed by atoms with E-state index in [9.17, 15) is 39.5 Å². The summed E-state index contributed by atoms with van der Waals surface area (Å²) in [5.41, 5.74) is -2.62. The number of quaternary nitrogens is 1. The van der Waals surface area contributed by atoms with Crippen LogP contribution >= 0.6 is 0 Å². The van der Waals surface area contributed by atoms with Crippen LogP contribution in [0.5, 0.6) is 17.2 Å². The maximum Gasteiger partial charge on any atom is 0.864 e. The summed E-state index contributed by atoms with van der Waals surface area (Å²) < 4.78 is 139. The summed E-state index contributed by atoms with van der Waals surface area (Å²) >= 11 is 0. The fourth-order valence-electron chi connectivity index (χ4n) is 6.25. The quantitative estimate of drug-likeness (QED) is 0.0440. The van der Waals surface area contributed by atoms with E-state index in [-0.39, 0.29) is 27.3 Å². The van der Waals surface area contributed by atoms with E-state index < -0.39 is 48.6 Å². The average molecular weight is 777 g/mol. The van der Waals surface area contributed by atoms with Crippen LogP contribution in [-0.4, -0.2) is 32.9 Å². The lowest BCUT2D eigenvalue weighted by Gasteiger charge is -2.36. The number of halogens is 9. The number of hydrogen-bond donors (Lipinski definition) is 0. The van der Waals surface area contributed by atoms with Crippen molar-refractivity contribution in [2.24, 2.45) is 0 Å². The summed E-state index contributed by atoms with van der Waals surface area (Å²) in [7, 11) is 3.74. The SMILES string of the molecule is CCCCCCCCCCCCCCCC(c1cc(C(F)(F)F)ccc1OB(Oc1ccc(C(F)(F)F)cc1)Oc1ccc(C(F)(F)F)cc1)[N+](C)(C)C. The number of unbranched alkanes of at least 4 members (excludes halogenated alkanes) is 12. The molecule has 3 rings (SSSR count). The summed E-state index contributed by atoms with van der Waals surface area (Å²) in [6.07, 6.45) is 1.46. The molecule has 1 unspecified atom stereocenters. The van der Waals surface area contributed by atoms with Crippen molar-refractivity contribution in [1.29, 1.82) is 0 Å². The largest absolute Gasteiger partial charge is 0.864 e. The minimum absolute atomic E-state index is 0.0421. The molecule has 0 fully saturated rings. The van der Waals surface area contributed by atoms with E-state index in [2.05, 4.69) is 6.92 Å². The first kappa shape index (κ1) is 44.8. The molecule has 0 N–H and O–H groups in total. The van der Waals surface area contributed by atoms with Gasteiger partial charge in [-0.05, 0) is 73.2 Å². The van der Waals surface area contributed by atoms with Gasteiger partial charge in [-0.15, -0.1) is 0 Å². The van der Waals surface area contributed by atoms with E-state index in [0.717, 1.165) is 98.8 Å². The summed E-state index contributed by atoms with van der Waals surface area (Å²) in [4.78, 5) is 0. The molecule has 0 heterocycles. The molecule has 0 saturated carbocycles. The van der Waals surface area contributed by atoms with Gasteiger partial charge in [0.2, 0.25) is 0 Å². The van der Waals surface area contributed by atoms with Gasteiger partial charge in [0, 0.05) is 6.42 Å². The molecule has 0 radical (unpaired) electrons. The Morgan fingerprint density at radius 2 is 0.870 bits per heavy atom. The maximum absolute atomic E-state index is 14.0. The van der Waals surface area contributed by atoms with Crippen molar-refractivity contribution in [3.8, 4) is 17.2 Å².